The first-order chi connectivity index (χ1) is 18.7. The topological polar surface area (TPSA) is 74.6 Å². The van der Waals surface area contributed by atoms with E-state index in [1.54, 1.807) is 18.2 Å². The van der Waals surface area contributed by atoms with Gasteiger partial charge < -0.3 is 5.11 Å². The zero-order valence-corrected chi connectivity index (χ0v) is 22.7. The molecule has 0 radical (unpaired) electrons. The van der Waals surface area contributed by atoms with Crippen LogP contribution in [-0.2, 0) is 23.0 Å². The van der Waals surface area contributed by atoms with Crippen LogP contribution in [-0.4, -0.2) is 18.1 Å². The van der Waals surface area contributed by atoms with Gasteiger partial charge >= 0.3 is 0 Å². The molecule has 0 heterocycles. The highest BCUT2D eigenvalue weighted by atomic mass is 32.2. The van der Waals surface area contributed by atoms with Crippen molar-refractivity contribution in [3.05, 3.63) is 143 Å². The number of phenols is 1. The second-order valence-corrected chi connectivity index (χ2v) is 11.3. The predicted molar refractivity (Wildman–Crippen MR) is 157 cm³/mol. The van der Waals surface area contributed by atoms with Crippen LogP contribution in [0.25, 0.3) is 22.3 Å². The van der Waals surface area contributed by atoms with Gasteiger partial charge in [0.1, 0.15) is 5.75 Å². The molecule has 0 aromatic heterocycles. The Morgan fingerprint density at radius 2 is 1.31 bits per heavy atom. The van der Waals surface area contributed by atoms with Crippen LogP contribution < -0.4 is 0 Å². The number of para-hydroxylation sites is 1. The lowest BCUT2D eigenvalue weighted by Gasteiger charge is -2.18. The molecule has 2 N–H and O–H groups in total. The molecule has 5 heteroatoms. The van der Waals surface area contributed by atoms with Crippen LogP contribution in [0.4, 0.5) is 0 Å². The van der Waals surface area contributed by atoms with Crippen LogP contribution in [0.2, 0.25) is 0 Å². The first-order valence-electron chi connectivity index (χ1n) is 12.8. The van der Waals surface area contributed by atoms with Gasteiger partial charge in [-0.1, -0.05) is 90.5 Å². The Hall–Kier alpha value is -4.19. The highest BCUT2D eigenvalue weighted by Crippen LogP contribution is 2.44. The van der Waals surface area contributed by atoms with E-state index in [2.05, 4.69) is 67.6 Å². The normalized spacial score (nSPS) is 11.8. The molecule has 0 fully saturated rings. The second-order valence-electron chi connectivity index (χ2n) is 9.86. The third kappa shape index (κ3) is 5.65. The van der Waals surface area contributed by atoms with E-state index in [1.165, 1.54) is 51.1 Å². The number of aryl methyl sites for hydroxylation is 1. The van der Waals surface area contributed by atoms with Crippen LogP contribution in [0.15, 0.2) is 114 Å². The van der Waals surface area contributed by atoms with Gasteiger partial charge in [-0.05, 0) is 95.5 Å². The number of aromatic hydroxyl groups is 1. The second kappa shape index (κ2) is 10.9. The Morgan fingerprint density at radius 1 is 0.692 bits per heavy atom. The quantitative estimate of drug-likeness (QED) is 0.227. The molecule has 0 spiro atoms. The largest absolute Gasteiger partial charge is 0.507 e. The molecular weight excluding hydrogens is 504 g/mol. The predicted octanol–water partition coefficient (Wildman–Crippen LogP) is 7.77. The van der Waals surface area contributed by atoms with Gasteiger partial charge in [0, 0.05) is 5.56 Å². The molecule has 0 bridgehead atoms. The number of rotatable bonds is 4. The molecule has 5 aromatic carbocycles. The lowest BCUT2D eigenvalue weighted by molar-refractivity contribution is 0.477. The summed E-state index contributed by atoms with van der Waals surface area (Å²) in [6, 6.07) is 35.2. The van der Waals surface area contributed by atoms with Crippen LogP contribution in [0.1, 0.15) is 33.4 Å². The van der Waals surface area contributed by atoms with Crippen LogP contribution in [0, 0.1) is 13.8 Å². The Bertz CT molecular complexity index is 1740. The number of hydrogen-bond donors (Lipinski definition) is 2. The maximum Gasteiger partial charge on any atom is 0.294 e. The van der Waals surface area contributed by atoms with Gasteiger partial charge in [-0.3, -0.25) is 4.55 Å². The molecule has 6 rings (SSSR count). The molecular formula is C34H30O4S. The molecule has 196 valence electrons. The third-order valence-electron chi connectivity index (χ3n) is 7.26. The summed E-state index contributed by atoms with van der Waals surface area (Å²) in [7, 11) is -4.02. The van der Waals surface area contributed by atoms with Gasteiger partial charge in [-0.25, -0.2) is 0 Å². The van der Waals surface area contributed by atoms with E-state index >= 15 is 0 Å². The highest BCUT2D eigenvalue weighted by Gasteiger charge is 2.24. The van der Waals surface area contributed by atoms with Crippen LogP contribution in [0.5, 0.6) is 5.75 Å². The van der Waals surface area contributed by atoms with E-state index in [4.69, 9.17) is 4.55 Å². The van der Waals surface area contributed by atoms with Gasteiger partial charge in [-0.15, -0.1) is 0 Å². The smallest absolute Gasteiger partial charge is 0.294 e. The van der Waals surface area contributed by atoms with Crippen LogP contribution in [0.3, 0.4) is 0 Å². The van der Waals surface area contributed by atoms with Crippen molar-refractivity contribution in [2.45, 2.75) is 31.6 Å². The fraction of sp³-hybridized carbons (Fsp3) is 0.118. The Kier molecular flexibility index (Phi) is 7.38. The third-order valence-corrected chi connectivity index (χ3v) is 8.12. The summed E-state index contributed by atoms with van der Waals surface area (Å²) >= 11 is 0. The van der Waals surface area contributed by atoms with E-state index in [-0.39, 0.29) is 4.90 Å². The van der Waals surface area contributed by atoms with E-state index in [1.807, 2.05) is 25.1 Å². The summed E-state index contributed by atoms with van der Waals surface area (Å²) in [6.07, 6.45) is 1.85. The van der Waals surface area contributed by atoms with Crippen molar-refractivity contribution in [2.24, 2.45) is 0 Å². The maximum absolute atomic E-state index is 10.6. The minimum atomic E-state index is -4.02. The number of benzene rings is 5. The van der Waals surface area contributed by atoms with Crippen LogP contribution >= 0.6 is 0 Å². The zero-order chi connectivity index (χ0) is 27.6. The summed E-state index contributed by atoms with van der Waals surface area (Å²) in [4.78, 5) is -0.0666. The molecule has 1 aliphatic carbocycles. The Morgan fingerprint density at radius 3 is 1.97 bits per heavy atom. The van der Waals surface area contributed by atoms with Crippen molar-refractivity contribution < 1.29 is 18.1 Å². The van der Waals surface area contributed by atoms with Gasteiger partial charge in [0.15, 0.2) is 0 Å². The van der Waals surface area contributed by atoms with E-state index < -0.39 is 10.1 Å². The van der Waals surface area contributed by atoms with E-state index in [9.17, 15) is 13.5 Å². The molecule has 0 saturated heterocycles. The number of phenolic OH excluding ortho intramolecular Hbond substituents is 1. The zero-order valence-electron chi connectivity index (χ0n) is 21.9. The Labute approximate surface area is 230 Å². The van der Waals surface area contributed by atoms with E-state index in [0.29, 0.717) is 5.75 Å². The minimum absolute atomic E-state index is 0.0666. The molecule has 0 amide bonds. The van der Waals surface area contributed by atoms with Gasteiger partial charge in [0.05, 0.1) is 4.90 Å². The van der Waals surface area contributed by atoms with E-state index in [0.717, 1.165) is 29.5 Å². The highest BCUT2D eigenvalue weighted by molar-refractivity contribution is 7.85. The number of hydrogen-bond acceptors (Lipinski definition) is 3. The molecule has 0 aliphatic heterocycles. The van der Waals surface area contributed by atoms with Crippen molar-refractivity contribution in [1.29, 1.82) is 0 Å². The molecule has 0 saturated carbocycles. The average Bonchev–Trinajstić information content (AvgIpc) is 3.30. The molecule has 1 aliphatic rings. The molecule has 5 aromatic rings. The summed E-state index contributed by atoms with van der Waals surface area (Å²) in [6.45, 7) is 4.08. The lowest BCUT2D eigenvalue weighted by atomic mass is 9.86. The van der Waals surface area contributed by atoms with Gasteiger partial charge in [0.2, 0.25) is 0 Å². The SMILES string of the molecule is Cc1c(Cc2ccccc2)c(-c2ccccc2O)cc2c1Cc1ccccc1-2.Cc1ccc(S(=O)(=O)O)cc1. The average molecular weight is 535 g/mol. The molecule has 39 heavy (non-hydrogen) atoms. The van der Waals surface area contributed by atoms with Crippen molar-refractivity contribution in [2.75, 3.05) is 0 Å². The first kappa shape index (κ1) is 26.4. The van der Waals surface area contributed by atoms with Gasteiger partial charge in [0.25, 0.3) is 10.1 Å². The summed E-state index contributed by atoms with van der Waals surface area (Å²) in [5.41, 5.74) is 12.4. The first-order valence-corrected chi connectivity index (χ1v) is 14.3. The molecule has 0 unspecified atom stereocenters. The van der Waals surface area contributed by atoms with Crippen molar-refractivity contribution in [3.8, 4) is 28.0 Å². The summed E-state index contributed by atoms with van der Waals surface area (Å²) < 4.78 is 29.6. The fourth-order valence-corrected chi connectivity index (χ4v) is 5.66. The lowest BCUT2D eigenvalue weighted by Crippen LogP contribution is -2.00. The van der Waals surface area contributed by atoms with Crippen molar-refractivity contribution in [3.63, 3.8) is 0 Å². The molecule has 4 nitrogen and oxygen atoms in total. The summed E-state index contributed by atoms with van der Waals surface area (Å²) in [5, 5.41) is 10.6. The van der Waals surface area contributed by atoms with Crippen molar-refractivity contribution in [1.82, 2.24) is 0 Å². The Balaban J connectivity index is 0.000000237. The fourth-order valence-electron chi connectivity index (χ4n) is 5.18. The standard InChI is InChI=1S/C27H22O.C7H8O3S/c1-18-23(15-19-9-3-2-4-10-19)26(22-13-7-8-14-27(22)28)17-25-21-12-6-5-11-20(21)16-24(18)25;1-6-2-4-7(5-3-6)11(8,9)10/h2-14,17,28H,15-16H2,1H3;2-5H,1H3,(H,8,9,10). The maximum atomic E-state index is 10.6. The monoisotopic (exact) mass is 534 g/mol. The van der Waals surface area contributed by atoms with Gasteiger partial charge in [-0.2, -0.15) is 8.42 Å². The minimum Gasteiger partial charge on any atom is -0.507 e. The summed E-state index contributed by atoms with van der Waals surface area (Å²) in [5.74, 6) is 0.336. The molecule has 0 atom stereocenters. The number of fused-ring (bicyclic) bond motifs is 3. The van der Waals surface area contributed by atoms with Crippen molar-refractivity contribution >= 4 is 10.1 Å².